The molecule has 0 aliphatic rings. The summed E-state index contributed by atoms with van der Waals surface area (Å²) >= 11 is 0. The van der Waals surface area contributed by atoms with Crippen molar-refractivity contribution in [1.82, 2.24) is 10.1 Å². The van der Waals surface area contributed by atoms with Crippen LogP contribution in [0.3, 0.4) is 0 Å². The quantitative estimate of drug-likeness (QED) is 0.718. The minimum atomic E-state index is 0.214. The summed E-state index contributed by atoms with van der Waals surface area (Å²) in [6.45, 7) is 0. The third kappa shape index (κ3) is 3.20. The molecule has 5 heteroatoms. The van der Waals surface area contributed by atoms with E-state index in [9.17, 15) is 5.11 Å². The van der Waals surface area contributed by atoms with Crippen LogP contribution in [0.5, 0.6) is 5.75 Å². The normalized spacial score (nSPS) is 10.7. The minimum Gasteiger partial charge on any atom is -0.508 e. The van der Waals surface area contributed by atoms with Gasteiger partial charge in [-0.05, 0) is 48.4 Å². The van der Waals surface area contributed by atoms with Crippen molar-refractivity contribution in [1.29, 1.82) is 0 Å². The summed E-state index contributed by atoms with van der Waals surface area (Å²) in [4.78, 5) is 4.36. The molecular weight excluding hydrogens is 266 g/mol. The Hall–Kier alpha value is -2.82. The first-order valence-corrected chi connectivity index (χ1v) is 6.67. The summed E-state index contributed by atoms with van der Waals surface area (Å²) in [5, 5.41) is 13.2. The minimum absolute atomic E-state index is 0.214. The zero-order valence-corrected chi connectivity index (χ0v) is 11.4. The molecule has 0 unspecified atom stereocenters. The monoisotopic (exact) mass is 281 g/mol. The molecule has 3 rings (SSSR count). The number of phenols is 1. The van der Waals surface area contributed by atoms with Crippen molar-refractivity contribution in [3.05, 3.63) is 60.0 Å². The van der Waals surface area contributed by atoms with E-state index >= 15 is 0 Å². The Morgan fingerprint density at radius 3 is 2.38 bits per heavy atom. The van der Waals surface area contributed by atoms with Crippen molar-refractivity contribution in [2.24, 2.45) is 0 Å². The van der Waals surface area contributed by atoms with Gasteiger partial charge in [-0.25, -0.2) is 0 Å². The smallest absolute Gasteiger partial charge is 0.227 e. The van der Waals surface area contributed by atoms with Gasteiger partial charge in [-0.3, -0.25) is 0 Å². The molecule has 0 bridgehead atoms. The first-order chi connectivity index (χ1) is 10.2. The van der Waals surface area contributed by atoms with Crippen molar-refractivity contribution in [3.63, 3.8) is 0 Å². The third-order valence-electron chi connectivity index (χ3n) is 3.20. The second-order valence-corrected chi connectivity index (χ2v) is 4.80. The first-order valence-electron chi connectivity index (χ1n) is 6.67. The van der Waals surface area contributed by atoms with Gasteiger partial charge < -0.3 is 15.4 Å². The van der Waals surface area contributed by atoms with Gasteiger partial charge in [0.1, 0.15) is 5.75 Å². The molecule has 0 amide bonds. The van der Waals surface area contributed by atoms with E-state index in [1.54, 1.807) is 24.3 Å². The molecule has 21 heavy (non-hydrogen) atoms. The number of phenolic OH excluding ortho intramolecular Hbond substituents is 1. The highest BCUT2D eigenvalue weighted by Crippen LogP contribution is 2.19. The summed E-state index contributed by atoms with van der Waals surface area (Å²) in [5.74, 6) is 1.34. The zero-order chi connectivity index (χ0) is 14.7. The van der Waals surface area contributed by atoms with Gasteiger partial charge in [-0.2, -0.15) is 4.98 Å². The highest BCUT2D eigenvalue weighted by molar-refractivity contribution is 5.55. The highest BCUT2D eigenvalue weighted by atomic mass is 16.5. The lowest BCUT2D eigenvalue weighted by Gasteiger charge is -1.98. The Balaban J connectivity index is 1.67. The molecule has 2 aromatic carbocycles. The standard InChI is InChI=1S/C16H15N3O2/c17-13-6-1-11(2-7-13)3-10-15-18-16(19-21-15)12-4-8-14(20)9-5-12/h1-2,4-9,20H,3,10,17H2. The largest absolute Gasteiger partial charge is 0.508 e. The topological polar surface area (TPSA) is 85.2 Å². The fourth-order valence-electron chi connectivity index (χ4n) is 2.02. The van der Waals surface area contributed by atoms with E-state index in [-0.39, 0.29) is 5.75 Å². The van der Waals surface area contributed by atoms with E-state index < -0.39 is 0 Å². The average Bonchev–Trinajstić information content (AvgIpc) is 2.96. The number of hydrogen-bond acceptors (Lipinski definition) is 5. The predicted molar refractivity (Wildman–Crippen MR) is 79.7 cm³/mol. The van der Waals surface area contributed by atoms with Crippen LogP contribution in [0, 0.1) is 0 Å². The molecule has 0 aliphatic heterocycles. The Labute approximate surface area is 122 Å². The SMILES string of the molecule is Nc1ccc(CCc2nc(-c3ccc(O)cc3)no2)cc1. The van der Waals surface area contributed by atoms with Gasteiger partial charge in [0.15, 0.2) is 0 Å². The van der Waals surface area contributed by atoms with Crippen LogP contribution in [0.2, 0.25) is 0 Å². The van der Waals surface area contributed by atoms with Crippen LogP contribution in [-0.4, -0.2) is 15.2 Å². The van der Waals surface area contributed by atoms with Crippen LogP contribution in [0.25, 0.3) is 11.4 Å². The Bertz CT molecular complexity index is 718. The van der Waals surface area contributed by atoms with Gasteiger partial charge in [0, 0.05) is 17.7 Å². The highest BCUT2D eigenvalue weighted by Gasteiger charge is 2.08. The lowest BCUT2D eigenvalue weighted by molar-refractivity contribution is 0.379. The average molecular weight is 281 g/mol. The van der Waals surface area contributed by atoms with Crippen molar-refractivity contribution >= 4 is 5.69 Å². The number of aromatic nitrogens is 2. The van der Waals surface area contributed by atoms with Crippen molar-refractivity contribution in [2.45, 2.75) is 12.8 Å². The lowest BCUT2D eigenvalue weighted by Crippen LogP contribution is -1.92. The molecule has 0 aliphatic carbocycles. The van der Waals surface area contributed by atoms with E-state index in [0.29, 0.717) is 18.1 Å². The number of nitrogens with two attached hydrogens (primary N) is 1. The first kappa shape index (κ1) is 13.2. The number of nitrogen functional groups attached to an aromatic ring is 1. The fourth-order valence-corrected chi connectivity index (χ4v) is 2.02. The molecule has 1 heterocycles. The van der Waals surface area contributed by atoms with Crippen LogP contribution in [0.15, 0.2) is 53.1 Å². The second-order valence-electron chi connectivity index (χ2n) is 4.80. The molecule has 3 N–H and O–H groups in total. The number of rotatable bonds is 4. The van der Waals surface area contributed by atoms with Crippen molar-refractivity contribution in [3.8, 4) is 17.1 Å². The fraction of sp³-hybridized carbons (Fsp3) is 0.125. The van der Waals surface area contributed by atoms with Crippen LogP contribution in [0.4, 0.5) is 5.69 Å². The molecule has 0 saturated heterocycles. The summed E-state index contributed by atoms with van der Waals surface area (Å²) < 4.78 is 5.25. The van der Waals surface area contributed by atoms with E-state index in [4.69, 9.17) is 10.3 Å². The maximum Gasteiger partial charge on any atom is 0.227 e. The molecule has 0 spiro atoms. The van der Waals surface area contributed by atoms with Crippen LogP contribution in [-0.2, 0) is 12.8 Å². The Morgan fingerprint density at radius 1 is 0.952 bits per heavy atom. The van der Waals surface area contributed by atoms with Gasteiger partial charge in [0.05, 0.1) is 0 Å². The summed E-state index contributed by atoms with van der Waals surface area (Å²) in [6, 6.07) is 14.4. The van der Waals surface area contributed by atoms with Crippen molar-refractivity contribution in [2.75, 3.05) is 5.73 Å². The van der Waals surface area contributed by atoms with Gasteiger partial charge in [0.25, 0.3) is 0 Å². The molecule has 1 aromatic heterocycles. The maximum atomic E-state index is 9.27. The molecule has 0 atom stereocenters. The number of anilines is 1. The van der Waals surface area contributed by atoms with E-state index in [0.717, 1.165) is 17.7 Å². The van der Waals surface area contributed by atoms with E-state index in [2.05, 4.69) is 10.1 Å². The van der Waals surface area contributed by atoms with Crippen LogP contribution in [0.1, 0.15) is 11.5 Å². The molecule has 0 fully saturated rings. The second kappa shape index (κ2) is 5.66. The third-order valence-corrected chi connectivity index (χ3v) is 3.20. The van der Waals surface area contributed by atoms with Crippen LogP contribution < -0.4 is 5.73 Å². The molecule has 106 valence electrons. The number of hydrogen-bond donors (Lipinski definition) is 2. The summed E-state index contributed by atoms with van der Waals surface area (Å²) in [6.07, 6.45) is 1.49. The number of aromatic hydroxyl groups is 1. The number of aryl methyl sites for hydroxylation is 2. The number of benzene rings is 2. The molecule has 0 saturated carbocycles. The Kier molecular flexibility index (Phi) is 3.55. The van der Waals surface area contributed by atoms with Gasteiger partial charge in [-0.15, -0.1) is 0 Å². The zero-order valence-electron chi connectivity index (χ0n) is 11.4. The van der Waals surface area contributed by atoms with E-state index in [1.807, 2.05) is 24.3 Å². The molecular formula is C16H15N3O2. The van der Waals surface area contributed by atoms with E-state index in [1.165, 1.54) is 5.56 Å². The lowest BCUT2D eigenvalue weighted by atomic mass is 10.1. The number of nitrogens with zero attached hydrogens (tertiary/aromatic N) is 2. The summed E-state index contributed by atoms with van der Waals surface area (Å²) in [7, 11) is 0. The predicted octanol–water partition coefficient (Wildman–Crippen LogP) is 2.81. The molecule has 5 nitrogen and oxygen atoms in total. The van der Waals surface area contributed by atoms with Gasteiger partial charge in [-0.1, -0.05) is 17.3 Å². The maximum absolute atomic E-state index is 9.27. The summed E-state index contributed by atoms with van der Waals surface area (Å²) in [5.41, 5.74) is 8.40. The van der Waals surface area contributed by atoms with Crippen LogP contribution >= 0.6 is 0 Å². The van der Waals surface area contributed by atoms with Gasteiger partial charge >= 0.3 is 0 Å². The Morgan fingerprint density at radius 2 is 1.67 bits per heavy atom. The molecule has 3 aromatic rings. The van der Waals surface area contributed by atoms with Gasteiger partial charge in [0.2, 0.25) is 11.7 Å². The van der Waals surface area contributed by atoms with Crippen molar-refractivity contribution < 1.29 is 9.63 Å². The molecule has 0 radical (unpaired) electrons.